The topological polar surface area (TPSA) is 33.5 Å². The molecular formula is C83H73N4OPt-3. The van der Waals surface area contributed by atoms with Crippen molar-refractivity contribution >= 4 is 38.9 Å². The van der Waals surface area contributed by atoms with Crippen molar-refractivity contribution in [3.63, 3.8) is 0 Å². The third-order valence-corrected chi connectivity index (χ3v) is 23.1. The Balaban J connectivity index is 0.00000612. The van der Waals surface area contributed by atoms with E-state index in [0.717, 1.165) is 62.4 Å². The van der Waals surface area contributed by atoms with Gasteiger partial charge < -0.3 is 19.1 Å². The van der Waals surface area contributed by atoms with E-state index in [4.69, 9.17) is 9.72 Å². The van der Waals surface area contributed by atoms with Gasteiger partial charge in [-0.15, -0.1) is 41.4 Å². The molecule has 11 aromatic rings. The average Bonchev–Trinajstić information content (AvgIpc) is 1.19. The number of pyridine rings is 1. The van der Waals surface area contributed by atoms with Crippen LogP contribution in [0.2, 0.25) is 0 Å². The van der Waals surface area contributed by atoms with Gasteiger partial charge in [0.15, 0.2) is 0 Å². The van der Waals surface area contributed by atoms with Gasteiger partial charge in [0, 0.05) is 72.5 Å². The number of aryl methyl sites for hydroxylation is 1. The summed E-state index contributed by atoms with van der Waals surface area (Å²) in [6, 6.07) is 85.9. The third kappa shape index (κ3) is 7.20. The zero-order chi connectivity index (χ0) is 59.3. The molecule has 444 valence electrons. The van der Waals surface area contributed by atoms with Crippen LogP contribution < -0.4 is 14.5 Å². The molecule has 8 bridgehead atoms. The molecule has 0 atom stereocenters. The van der Waals surface area contributed by atoms with E-state index in [0.29, 0.717) is 16.9 Å². The van der Waals surface area contributed by atoms with Crippen molar-refractivity contribution in [2.45, 2.75) is 115 Å². The summed E-state index contributed by atoms with van der Waals surface area (Å²) in [4.78, 5) is 10.3. The molecule has 10 aliphatic carbocycles. The normalized spacial score (nSPS) is 25.7. The van der Waals surface area contributed by atoms with E-state index in [2.05, 4.69) is 282 Å². The van der Waals surface area contributed by atoms with Crippen LogP contribution in [0.4, 0.5) is 17.1 Å². The van der Waals surface area contributed by atoms with Crippen molar-refractivity contribution < 1.29 is 25.8 Å². The second-order valence-electron chi connectivity index (χ2n) is 29.4. The Morgan fingerprint density at radius 2 is 1.10 bits per heavy atom. The van der Waals surface area contributed by atoms with Crippen LogP contribution in [0.5, 0.6) is 11.5 Å². The first-order valence-electron chi connectivity index (χ1n) is 32.4. The second-order valence-corrected chi connectivity index (χ2v) is 29.4. The summed E-state index contributed by atoms with van der Waals surface area (Å²) in [5.41, 5.74) is 19.3. The maximum atomic E-state index is 6.98. The van der Waals surface area contributed by atoms with Crippen LogP contribution in [0.3, 0.4) is 0 Å². The zero-order valence-electron chi connectivity index (χ0n) is 51.8. The number of rotatable bonds is 7. The minimum atomic E-state index is -0.819. The molecule has 6 heteroatoms. The molecule has 3 heterocycles. The monoisotopic (exact) mass is 1340 g/mol. The van der Waals surface area contributed by atoms with E-state index in [1.54, 1.807) is 5.56 Å². The molecule has 1 aliphatic heterocycles. The number of hydrogen-bond acceptors (Lipinski definition) is 4. The number of fused-ring (bicyclic) bond motifs is 4. The first-order valence-corrected chi connectivity index (χ1v) is 32.4. The van der Waals surface area contributed by atoms with E-state index >= 15 is 0 Å². The van der Waals surface area contributed by atoms with Gasteiger partial charge in [0.25, 0.3) is 0 Å². The zero-order valence-corrected chi connectivity index (χ0v) is 54.1. The molecule has 2 aromatic heterocycles. The van der Waals surface area contributed by atoms with Crippen molar-refractivity contribution in [3.05, 3.63) is 287 Å². The molecule has 11 aliphatic rings. The van der Waals surface area contributed by atoms with Crippen molar-refractivity contribution in [1.82, 2.24) is 9.55 Å². The summed E-state index contributed by atoms with van der Waals surface area (Å²) in [6.07, 6.45) is 10.6. The largest absolute Gasteiger partial charge is 0.509 e. The Hall–Kier alpha value is -7.98. The first-order chi connectivity index (χ1) is 42.7. The summed E-state index contributed by atoms with van der Waals surface area (Å²) < 4.78 is 9.23. The Morgan fingerprint density at radius 1 is 0.539 bits per heavy atom. The van der Waals surface area contributed by atoms with Crippen LogP contribution in [0.1, 0.15) is 142 Å². The van der Waals surface area contributed by atoms with Gasteiger partial charge in [-0.1, -0.05) is 199 Å². The Morgan fingerprint density at radius 3 is 1.72 bits per heavy atom. The summed E-state index contributed by atoms with van der Waals surface area (Å²) in [5.74, 6) is 4.87. The molecule has 89 heavy (non-hydrogen) atoms. The fraction of sp³-hybridized carbons (Fsp3) is 0.277. The van der Waals surface area contributed by atoms with Gasteiger partial charge in [-0.3, -0.25) is 0 Å². The maximum Gasteiger partial charge on any atom is 0.135 e. The molecule has 0 spiro atoms. The van der Waals surface area contributed by atoms with Crippen LogP contribution in [0.15, 0.2) is 212 Å². The first kappa shape index (κ1) is 55.1. The third-order valence-electron chi connectivity index (χ3n) is 23.1. The molecule has 0 amide bonds. The molecule has 4 fully saturated rings. The Kier molecular flexibility index (Phi) is 11.9. The standard InChI is InChI=1S/C83H73N4O.Pt/c1-52-41-76(84-50-65(52)56-35-37-57(38-36-56)80-47-53-42-54(48-80)44-55(43-53)49-80)87-72-32-17-10-23-61(72)62-40-39-60(46-75(62)87)88-59-22-20-21-58(45-59)85-51-86(74-34-19-18-33-73(74)85)83-66-26-11-8-24-63(66)77(64-25-9-12-27-67(64)83)81(78(2,3)4)68-28-13-15-30-70(68)82(83,79(5,6)7)71-31-16-14-29-69(71)81;/h8-41,50-51,53-55,77H,42-44,47-49H2,1-7H3;/q-3;. The van der Waals surface area contributed by atoms with Crippen LogP contribution in [0.25, 0.3) is 38.8 Å². The molecule has 0 N–H and O–H groups in total. The number of benzene rings is 9. The van der Waals surface area contributed by atoms with Gasteiger partial charge in [-0.2, -0.15) is 18.8 Å². The Labute approximate surface area is 539 Å². The predicted octanol–water partition coefficient (Wildman–Crippen LogP) is 20.2. The number of ether oxygens (including phenoxy) is 1. The summed E-state index contributed by atoms with van der Waals surface area (Å²) in [5, 5.41) is 2.24. The fourth-order valence-corrected chi connectivity index (χ4v) is 20.6. The minimum absolute atomic E-state index is 0. The molecule has 22 rings (SSSR count). The molecule has 0 radical (unpaired) electrons. The number of nitrogens with zero attached hydrogens (tertiary/aromatic N) is 4. The van der Waals surface area contributed by atoms with Crippen molar-refractivity contribution in [2.24, 2.45) is 28.6 Å². The Bertz CT molecular complexity index is 4580. The quantitative estimate of drug-likeness (QED) is 0.149. The molecule has 5 nitrogen and oxygen atoms in total. The molecule has 0 saturated heterocycles. The number of aromatic nitrogens is 2. The summed E-state index contributed by atoms with van der Waals surface area (Å²) in [6.45, 7) is 19.6. The fourth-order valence-electron chi connectivity index (χ4n) is 20.6. The van der Waals surface area contributed by atoms with E-state index in [-0.39, 0.29) is 37.8 Å². The minimum Gasteiger partial charge on any atom is -0.509 e. The van der Waals surface area contributed by atoms with E-state index in [1.165, 1.54) is 99.7 Å². The van der Waals surface area contributed by atoms with E-state index in [9.17, 15) is 0 Å². The van der Waals surface area contributed by atoms with Crippen LogP contribution in [0, 0.1) is 54.3 Å². The van der Waals surface area contributed by atoms with Gasteiger partial charge in [0.05, 0.1) is 11.0 Å². The van der Waals surface area contributed by atoms with Crippen molar-refractivity contribution in [3.8, 4) is 28.4 Å². The average molecular weight is 1340 g/mol. The summed E-state index contributed by atoms with van der Waals surface area (Å²) in [7, 11) is 0. The van der Waals surface area contributed by atoms with Gasteiger partial charge in [-0.25, -0.2) is 4.98 Å². The van der Waals surface area contributed by atoms with Crippen LogP contribution in [-0.2, 0) is 42.8 Å². The SMILES string of the molecule is Cc1cc(-n2c3[c-]c(Oc4[c-]c(N5[CH-]N(C67c8ccccc8C(c8ccccc86)C6(C(C)(C)C)c8ccccc8C7(C(C)(C)C)c7ccccc76)c6ccccc65)ccc4)ccc3c3ccccc32)ncc1-c1ccc(C23CC4CC(CC(C4)C2)C3)cc1.[Pt]. The van der Waals surface area contributed by atoms with Gasteiger partial charge in [0.2, 0.25) is 0 Å². The molecule has 0 unspecified atom stereocenters. The second kappa shape index (κ2) is 19.3. The van der Waals surface area contributed by atoms with Gasteiger partial charge in [-0.05, 0) is 170 Å². The molecular weight excluding hydrogens is 1260 g/mol. The number of para-hydroxylation sites is 3. The predicted molar refractivity (Wildman–Crippen MR) is 357 cm³/mol. The number of hydrogen-bond donors (Lipinski definition) is 0. The smallest absolute Gasteiger partial charge is 0.135 e. The van der Waals surface area contributed by atoms with E-state index < -0.39 is 16.4 Å². The van der Waals surface area contributed by atoms with Crippen LogP contribution >= 0.6 is 0 Å². The van der Waals surface area contributed by atoms with Crippen molar-refractivity contribution in [1.29, 1.82) is 0 Å². The maximum absolute atomic E-state index is 6.98. The summed E-state index contributed by atoms with van der Waals surface area (Å²) >= 11 is 0. The molecule has 4 saturated carbocycles. The van der Waals surface area contributed by atoms with Crippen molar-refractivity contribution in [2.75, 3.05) is 9.80 Å². The molecule has 9 aromatic carbocycles. The van der Waals surface area contributed by atoms with Gasteiger partial charge >= 0.3 is 0 Å². The number of anilines is 3. The van der Waals surface area contributed by atoms with Crippen LogP contribution in [-0.4, -0.2) is 9.55 Å². The van der Waals surface area contributed by atoms with E-state index in [1.807, 2.05) is 12.1 Å². The van der Waals surface area contributed by atoms with Gasteiger partial charge in [0.1, 0.15) is 5.82 Å².